The molecule has 1 aliphatic rings. The number of amides is 1. The molecular weight excluding hydrogens is 320 g/mol. The van der Waals surface area contributed by atoms with Crippen LogP contribution in [0.3, 0.4) is 0 Å². The molecule has 124 valence electrons. The first-order chi connectivity index (χ1) is 12.1. The number of hydrogen-bond acceptors (Lipinski definition) is 4. The molecule has 0 radical (unpaired) electrons. The minimum absolute atomic E-state index is 0.0375. The first kappa shape index (κ1) is 14.9. The molecule has 25 heavy (non-hydrogen) atoms. The molecule has 0 saturated heterocycles. The number of hydrogen-bond donors (Lipinski definition) is 2. The van der Waals surface area contributed by atoms with Gasteiger partial charge < -0.3 is 15.2 Å². The van der Waals surface area contributed by atoms with Crippen LogP contribution < -0.4 is 10.6 Å². The number of carbonyl (C=O) groups excluding carboxylic acids is 1. The van der Waals surface area contributed by atoms with Crippen molar-refractivity contribution in [2.75, 3.05) is 5.32 Å². The molecule has 2 aromatic carbocycles. The van der Waals surface area contributed by atoms with Crippen LogP contribution in [0.4, 0.5) is 11.4 Å². The van der Waals surface area contributed by atoms with Crippen LogP contribution in [0.5, 0.6) is 0 Å². The van der Waals surface area contributed by atoms with Crippen molar-refractivity contribution >= 4 is 17.3 Å². The molecule has 1 aromatic heterocycles. The Kier molecular flexibility index (Phi) is 3.46. The van der Waals surface area contributed by atoms with Crippen LogP contribution >= 0.6 is 0 Å². The summed E-state index contributed by atoms with van der Waals surface area (Å²) in [6, 6.07) is 17.4. The van der Waals surface area contributed by atoms with Gasteiger partial charge in [-0.25, -0.2) is 0 Å². The third-order valence-corrected chi connectivity index (χ3v) is 4.16. The van der Waals surface area contributed by atoms with Crippen molar-refractivity contribution in [3.05, 3.63) is 88.2 Å². The molecule has 0 bridgehead atoms. The molecule has 3 aromatic rings. The Bertz CT molecular complexity index is 962. The third kappa shape index (κ3) is 2.61. The lowest BCUT2D eigenvalue weighted by Crippen LogP contribution is -2.39. The van der Waals surface area contributed by atoms with E-state index in [1.807, 2.05) is 41.1 Å². The van der Waals surface area contributed by atoms with Gasteiger partial charge in [-0.2, -0.15) is 0 Å². The van der Waals surface area contributed by atoms with Crippen molar-refractivity contribution < 1.29 is 9.72 Å². The second-order valence-electron chi connectivity index (χ2n) is 5.67. The molecule has 4 rings (SSSR count). The minimum Gasteiger partial charge on any atom is -0.360 e. The quantitative estimate of drug-likeness (QED) is 0.568. The summed E-state index contributed by atoms with van der Waals surface area (Å²) in [5.74, 6) is -0.143. The van der Waals surface area contributed by atoms with Gasteiger partial charge in [-0.05, 0) is 36.4 Å². The van der Waals surface area contributed by atoms with Crippen molar-refractivity contribution in [1.29, 1.82) is 0 Å². The average Bonchev–Trinajstić information content (AvgIpc) is 3.11. The molecule has 1 aliphatic heterocycles. The molecule has 0 unspecified atom stereocenters. The molecule has 2 N–H and O–H groups in total. The Morgan fingerprint density at radius 2 is 1.72 bits per heavy atom. The van der Waals surface area contributed by atoms with Crippen LogP contribution in [0.2, 0.25) is 0 Å². The fourth-order valence-electron chi connectivity index (χ4n) is 2.95. The molecule has 2 heterocycles. The lowest BCUT2D eigenvalue weighted by molar-refractivity contribution is -0.384. The number of benzene rings is 2. The van der Waals surface area contributed by atoms with Crippen LogP contribution in [0, 0.1) is 10.1 Å². The zero-order valence-electron chi connectivity index (χ0n) is 13.0. The molecule has 0 aliphatic carbocycles. The topological polar surface area (TPSA) is 89.2 Å². The third-order valence-electron chi connectivity index (χ3n) is 4.16. The van der Waals surface area contributed by atoms with E-state index in [1.54, 1.807) is 18.2 Å². The highest BCUT2D eigenvalue weighted by atomic mass is 16.6. The fraction of sp³-hybridized carbons (Fsp3) is 0.0556. The Balaban J connectivity index is 1.69. The number of nitro groups is 1. The maximum absolute atomic E-state index is 12.3. The van der Waals surface area contributed by atoms with E-state index >= 15 is 0 Å². The predicted molar refractivity (Wildman–Crippen MR) is 92.7 cm³/mol. The Labute approximate surface area is 143 Å². The standard InChI is InChI=1S/C18H14N4O3/c23-18-14-4-1-2-5-15(14)19-17(20-18)16-6-3-11-21(16)12-7-9-13(10-8-12)22(24)25/h1-11,17,19H,(H,20,23)/t17-/m1/s1. The van der Waals surface area contributed by atoms with Gasteiger partial charge in [0.2, 0.25) is 0 Å². The van der Waals surface area contributed by atoms with Crippen LogP contribution in [-0.2, 0) is 0 Å². The van der Waals surface area contributed by atoms with Crippen molar-refractivity contribution in [3.63, 3.8) is 0 Å². The number of para-hydroxylation sites is 1. The number of non-ortho nitro benzene ring substituents is 1. The maximum Gasteiger partial charge on any atom is 0.269 e. The van der Waals surface area contributed by atoms with E-state index < -0.39 is 11.1 Å². The molecule has 1 atom stereocenters. The highest BCUT2D eigenvalue weighted by molar-refractivity contribution is 6.01. The van der Waals surface area contributed by atoms with Gasteiger partial charge in [0.25, 0.3) is 11.6 Å². The second-order valence-corrected chi connectivity index (χ2v) is 5.67. The highest BCUT2D eigenvalue weighted by Crippen LogP contribution is 2.28. The summed E-state index contributed by atoms with van der Waals surface area (Å²) >= 11 is 0. The van der Waals surface area contributed by atoms with E-state index in [0.29, 0.717) is 5.56 Å². The highest BCUT2D eigenvalue weighted by Gasteiger charge is 2.26. The molecule has 0 fully saturated rings. The fourth-order valence-corrected chi connectivity index (χ4v) is 2.95. The first-order valence-electron chi connectivity index (χ1n) is 7.72. The number of aromatic nitrogens is 1. The number of anilines is 1. The Hall–Kier alpha value is -3.61. The van der Waals surface area contributed by atoms with Gasteiger partial charge in [-0.15, -0.1) is 0 Å². The zero-order valence-corrected chi connectivity index (χ0v) is 13.0. The van der Waals surface area contributed by atoms with E-state index in [1.165, 1.54) is 12.1 Å². The number of nitrogens with one attached hydrogen (secondary N) is 2. The summed E-state index contributed by atoms with van der Waals surface area (Å²) in [5, 5.41) is 17.1. The van der Waals surface area contributed by atoms with Crippen molar-refractivity contribution in [2.45, 2.75) is 6.17 Å². The second kappa shape index (κ2) is 5.79. The molecule has 7 nitrogen and oxygen atoms in total. The van der Waals surface area contributed by atoms with Gasteiger partial charge in [0.1, 0.15) is 6.17 Å². The van der Waals surface area contributed by atoms with E-state index in [4.69, 9.17) is 0 Å². The molecular formula is C18H14N4O3. The van der Waals surface area contributed by atoms with Crippen LogP contribution in [0.25, 0.3) is 5.69 Å². The average molecular weight is 334 g/mol. The van der Waals surface area contributed by atoms with Crippen LogP contribution in [0.15, 0.2) is 66.9 Å². The lowest BCUT2D eigenvalue weighted by Gasteiger charge is -2.28. The predicted octanol–water partition coefficient (Wildman–Crippen LogP) is 3.24. The maximum atomic E-state index is 12.3. The van der Waals surface area contributed by atoms with E-state index in [2.05, 4.69) is 10.6 Å². The largest absolute Gasteiger partial charge is 0.360 e. The number of fused-ring (bicyclic) bond motifs is 1. The van der Waals surface area contributed by atoms with Gasteiger partial charge in [0.05, 0.1) is 16.2 Å². The number of carbonyl (C=O) groups is 1. The number of nitrogens with zero attached hydrogens (tertiary/aromatic N) is 2. The summed E-state index contributed by atoms with van der Waals surface area (Å²) < 4.78 is 1.88. The van der Waals surface area contributed by atoms with Gasteiger partial charge in [0, 0.05) is 29.7 Å². The van der Waals surface area contributed by atoms with Crippen molar-refractivity contribution in [2.24, 2.45) is 0 Å². The Morgan fingerprint density at radius 1 is 0.960 bits per heavy atom. The van der Waals surface area contributed by atoms with Gasteiger partial charge in [-0.3, -0.25) is 14.9 Å². The Morgan fingerprint density at radius 3 is 2.48 bits per heavy atom. The molecule has 0 spiro atoms. The number of nitro benzene ring substituents is 1. The summed E-state index contributed by atoms with van der Waals surface area (Å²) in [6.07, 6.45) is 1.46. The van der Waals surface area contributed by atoms with Gasteiger partial charge in [-0.1, -0.05) is 12.1 Å². The van der Waals surface area contributed by atoms with Crippen LogP contribution in [0.1, 0.15) is 22.2 Å². The van der Waals surface area contributed by atoms with E-state index in [9.17, 15) is 14.9 Å². The van der Waals surface area contributed by atoms with Gasteiger partial charge >= 0.3 is 0 Å². The summed E-state index contributed by atoms with van der Waals surface area (Å²) in [7, 11) is 0. The monoisotopic (exact) mass is 334 g/mol. The van der Waals surface area contributed by atoms with Crippen molar-refractivity contribution in [3.8, 4) is 5.69 Å². The van der Waals surface area contributed by atoms with Crippen molar-refractivity contribution in [1.82, 2.24) is 9.88 Å². The lowest BCUT2D eigenvalue weighted by atomic mass is 10.1. The molecule has 0 saturated carbocycles. The van der Waals surface area contributed by atoms with E-state index in [-0.39, 0.29) is 11.6 Å². The summed E-state index contributed by atoms with van der Waals surface area (Å²) in [5.41, 5.74) is 3.02. The SMILES string of the molecule is O=C1N[C@H](c2cccn2-c2ccc([N+](=O)[O-])cc2)Nc2ccccc21. The van der Waals surface area contributed by atoms with Crippen LogP contribution in [-0.4, -0.2) is 15.4 Å². The van der Waals surface area contributed by atoms with E-state index in [0.717, 1.165) is 17.1 Å². The number of rotatable bonds is 3. The summed E-state index contributed by atoms with van der Waals surface area (Å²) in [4.78, 5) is 22.7. The first-order valence-corrected chi connectivity index (χ1v) is 7.72. The zero-order chi connectivity index (χ0) is 17.4. The normalized spacial score (nSPS) is 15.8. The minimum atomic E-state index is -0.430. The molecule has 7 heteroatoms. The van der Waals surface area contributed by atoms with Gasteiger partial charge in [0.15, 0.2) is 0 Å². The summed E-state index contributed by atoms with van der Waals surface area (Å²) in [6.45, 7) is 0. The smallest absolute Gasteiger partial charge is 0.269 e. The molecule has 1 amide bonds.